The van der Waals surface area contributed by atoms with Crippen LogP contribution in [0.1, 0.15) is 30.4 Å². The zero-order valence-corrected chi connectivity index (χ0v) is 16.9. The third kappa shape index (κ3) is 6.11. The molecule has 4 nitrogen and oxygen atoms in total. The van der Waals surface area contributed by atoms with Gasteiger partial charge in [0.05, 0.1) is 13.2 Å². The van der Waals surface area contributed by atoms with E-state index in [0.717, 1.165) is 22.6 Å². The molecule has 29 heavy (non-hydrogen) atoms. The normalized spacial score (nSPS) is 11.7. The van der Waals surface area contributed by atoms with Crippen molar-refractivity contribution in [1.29, 1.82) is 0 Å². The van der Waals surface area contributed by atoms with E-state index in [0.29, 0.717) is 13.0 Å². The van der Waals surface area contributed by atoms with Gasteiger partial charge in [0.2, 0.25) is 5.91 Å². The monoisotopic (exact) mass is 389 g/mol. The second-order valence-electron chi connectivity index (χ2n) is 7.03. The number of carbonyl (C=O) groups is 1. The Balaban J connectivity index is 1.58. The molecule has 0 bridgehead atoms. The summed E-state index contributed by atoms with van der Waals surface area (Å²) in [5.41, 5.74) is 2.27. The summed E-state index contributed by atoms with van der Waals surface area (Å²) in [5, 5.41) is 3.05. The first-order chi connectivity index (χ1) is 14.2. The zero-order valence-electron chi connectivity index (χ0n) is 16.9. The first kappa shape index (κ1) is 20.5. The van der Waals surface area contributed by atoms with E-state index < -0.39 is 0 Å². The second kappa shape index (κ2) is 10.3. The maximum Gasteiger partial charge on any atom is 0.221 e. The van der Waals surface area contributed by atoms with Gasteiger partial charge < -0.3 is 14.8 Å². The number of amides is 1. The van der Waals surface area contributed by atoms with E-state index in [1.807, 2.05) is 67.6 Å². The van der Waals surface area contributed by atoms with Gasteiger partial charge in [0.1, 0.15) is 18.1 Å². The number of hydrogen-bond donors (Lipinski definition) is 1. The summed E-state index contributed by atoms with van der Waals surface area (Å²) in [6.07, 6.45) is 0.390. The average Bonchev–Trinajstić information content (AvgIpc) is 2.77. The van der Waals surface area contributed by atoms with Crippen LogP contribution >= 0.6 is 0 Å². The maximum absolute atomic E-state index is 12.7. The zero-order chi connectivity index (χ0) is 20.5. The Morgan fingerprint density at radius 2 is 1.34 bits per heavy atom. The minimum absolute atomic E-state index is 0.00790. The van der Waals surface area contributed by atoms with Crippen LogP contribution in [0.3, 0.4) is 0 Å². The Hall–Kier alpha value is -3.27. The van der Waals surface area contributed by atoms with Gasteiger partial charge in [-0.1, -0.05) is 60.7 Å². The molecule has 0 saturated carbocycles. The molecule has 3 aromatic carbocycles. The molecule has 0 unspecified atom stereocenters. The van der Waals surface area contributed by atoms with Crippen molar-refractivity contribution in [2.24, 2.45) is 0 Å². The summed E-state index contributed by atoms with van der Waals surface area (Å²) in [4.78, 5) is 12.7. The van der Waals surface area contributed by atoms with Crippen LogP contribution in [0.5, 0.6) is 11.5 Å². The molecule has 1 N–H and O–H groups in total. The lowest BCUT2D eigenvalue weighted by Crippen LogP contribution is -2.37. The van der Waals surface area contributed by atoms with Crippen LogP contribution in [0.4, 0.5) is 0 Å². The van der Waals surface area contributed by atoms with Crippen LogP contribution in [0, 0.1) is 0 Å². The number of benzene rings is 3. The minimum Gasteiger partial charge on any atom is -0.497 e. The SMILES string of the molecule is COc1ccc(OC[C@@H](C)NC(=O)CC(c2ccccc2)c2ccccc2)cc1. The largest absolute Gasteiger partial charge is 0.497 e. The highest BCUT2D eigenvalue weighted by Gasteiger charge is 2.19. The third-order valence-electron chi connectivity index (χ3n) is 4.76. The summed E-state index contributed by atoms with van der Waals surface area (Å²) in [7, 11) is 1.63. The number of rotatable bonds is 9. The van der Waals surface area contributed by atoms with Crippen LogP contribution in [0.25, 0.3) is 0 Å². The lowest BCUT2D eigenvalue weighted by atomic mass is 9.88. The third-order valence-corrected chi connectivity index (χ3v) is 4.76. The maximum atomic E-state index is 12.7. The Labute approximate surface area is 172 Å². The van der Waals surface area contributed by atoms with Gasteiger partial charge in [0, 0.05) is 12.3 Å². The molecule has 3 aromatic rings. The van der Waals surface area contributed by atoms with E-state index in [-0.39, 0.29) is 17.9 Å². The van der Waals surface area contributed by atoms with Crippen LogP contribution in [-0.2, 0) is 4.79 Å². The molecule has 0 aliphatic rings. The molecular formula is C25H27NO3. The fourth-order valence-electron chi connectivity index (χ4n) is 3.25. The average molecular weight is 389 g/mol. The molecule has 4 heteroatoms. The van der Waals surface area contributed by atoms with Crippen LogP contribution < -0.4 is 14.8 Å². The van der Waals surface area contributed by atoms with Crippen molar-refractivity contribution < 1.29 is 14.3 Å². The molecule has 0 spiro atoms. The van der Waals surface area contributed by atoms with Gasteiger partial charge in [0.15, 0.2) is 0 Å². The molecule has 0 fully saturated rings. The number of ether oxygens (including phenoxy) is 2. The molecule has 0 radical (unpaired) electrons. The van der Waals surface area contributed by atoms with Gasteiger partial charge in [-0.15, -0.1) is 0 Å². The van der Waals surface area contributed by atoms with Crippen molar-refractivity contribution >= 4 is 5.91 Å². The number of nitrogens with one attached hydrogen (secondary N) is 1. The van der Waals surface area contributed by atoms with Crippen molar-refractivity contribution in [3.05, 3.63) is 96.1 Å². The van der Waals surface area contributed by atoms with Gasteiger partial charge >= 0.3 is 0 Å². The molecule has 3 rings (SSSR count). The predicted octanol–water partition coefficient (Wildman–Crippen LogP) is 4.80. The highest BCUT2D eigenvalue weighted by Crippen LogP contribution is 2.27. The smallest absolute Gasteiger partial charge is 0.221 e. The Kier molecular flexibility index (Phi) is 7.28. The minimum atomic E-state index is -0.100. The van der Waals surface area contributed by atoms with E-state index in [1.165, 1.54) is 0 Å². The molecule has 0 aliphatic carbocycles. The molecule has 0 aliphatic heterocycles. The van der Waals surface area contributed by atoms with Gasteiger partial charge in [-0.25, -0.2) is 0 Å². The van der Waals surface area contributed by atoms with Gasteiger partial charge in [-0.2, -0.15) is 0 Å². The highest BCUT2D eigenvalue weighted by atomic mass is 16.5. The van der Waals surface area contributed by atoms with Crippen LogP contribution in [-0.4, -0.2) is 25.7 Å². The quantitative estimate of drug-likeness (QED) is 0.572. The Morgan fingerprint density at radius 3 is 1.86 bits per heavy atom. The van der Waals surface area contributed by atoms with E-state index >= 15 is 0 Å². The summed E-state index contributed by atoms with van der Waals surface area (Å²) in [6, 6.07) is 27.6. The molecule has 0 heterocycles. The standard InChI is InChI=1S/C25H27NO3/c1-19(18-29-23-15-13-22(28-2)14-16-23)26-25(27)17-24(20-9-5-3-6-10-20)21-11-7-4-8-12-21/h3-16,19,24H,17-18H2,1-2H3,(H,26,27)/t19-/m1/s1. The Morgan fingerprint density at radius 1 is 0.828 bits per heavy atom. The summed E-state index contributed by atoms with van der Waals surface area (Å²) in [5.74, 6) is 1.56. The summed E-state index contributed by atoms with van der Waals surface area (Å²) >= 11 is 0. The van der Waals surface area contributed by atoms with Gasteiger partial charge in [0.25, 0.3) is 0 Å². The van der Waals surface area contributed by atoms with Crippen LogP contribution in [0.15, 0.2) is 84.9 Å². The van der Waals surface area contributed by atoms with E-state index in [9.17, 15) is 4.79 Å². The first-order valence-corrected chi connectivity index (χ1v) is 9.82. The van der Waals surface area contributed by atoms with Crippen LogP contribution in [0.2, 0.25) is 0 Å². The lowest BCUT2D eigenvalue weighted by molar-refractivity contribution is -0.122. The fraction of sp³-hybridized carbons (Fsp3) is 0.240. The summed E-state index contributed by atoms with van der Waals surface area (Å²) in [6.45, 7) is 2.35. The van der Waals surface area contributed by atoms with Crippen molar-refractivity contribution in [3.63, 3.8) is 0 Å². The number of carbonyl (C=O) groups excluding carboxylic acids is 1. The molecule has 150 valence electrons. The topological polar surface area (TPSA) is 47.6 Å². The van der Waals surface area contributed by atoms with Gasteiger partial charge in [-0.3, -0.25) is 4.79 Å². The van der Waals surface area contributed by atoms with Crippen molar-refractivity contribution in [1.82, 2.24) is 5.32 Å². The highest BCUT2D eigenvalue weighted by molar-refractivity contribution is 5.77. The van der Waals surface area contributed by atoms with E-state index in [4.69, 9.17) is 9.47 Å². The molecule has 0 saturated heterocycles. The molecule has 1 amide bonds. The number of hydrogen-bond acceptors (Lipinski definition) is 3. The Bertz CT molecular complexity index is 839. The predicted molar refractivity (Wildman–Crippen MR) is 115 cm³/mol. The van der Waals surface area contributed by atoms with Crippen molar-refractivity contribution in [2.75, 3.05) is 13.7 Å². The molecule has 1 atom stereocenters. The van der Waals surface area contributed by atoms with Crippen molar-refractivity contribution in [2.45, 2.75) is 25.3 Å². The first-order valence-electron chi connectivity index (χ1n) is 9.82. The van der Waals surface area contributed by atoms with E-state index in [1.54, 1.807) is 7.11 Å². The number of methoxy groups -OCH3 is 1. The van der Waals surface area contributed by atoms with Crippen molar-refractivity contribution in [3.8, 4) is 11.5 Å². The molecule has 0 aromatic heterocycles. The fourth-order valence-corrected chi connectivity index (χ4v) is 3.25. The van der Waals surface area contributed by atoms with Gasteiger partial charge in [-0.05, 0) is 42.3 Å². The van der Waals surface area contributed by atoms with E-state index in [2.05, 4.69) is 29.6 Å². The second-order valence-corrected chi connectivity index (χ2v) is 7.03. The summed E-state index contributed by atoms with van der Waals surface area (Å²) < 4.78 is 10.9. The molecular weight excluding hydrogens is 362 g/mol. The lowest BCUT2D eigenvalue weighted by Gasteiger charge is -2.20.